The van der Waals surface area contributed by atoms with E-state index in [-0.39, 0.29) is 6.61 Å². The fourth-order valence-electron chi connectivity index (χ4n) is 1.65. The number of ether oxygens (including phenoxy) is 2. The molecule has 0 heterocycles. The Kier molecular flexibility index (Phi) is 5.88. The first-order valence-electron chi connectivity index (χ1n) is 6.35. The van der Waals surface area contributed by atoms with Crippen LogP contribution in [0.4, 0.5) is 8.78 Å². The molecule has 0 amide bonds. The average Bonchev–Trinajstić information content (AvgIpc) is 2.43. The van der Waals surface area contributed by atoms with Crippen LogP contribution in [0.25, 0.3) is 0 Å². The summed E-state index contributed by atoms with van der Waals surface area (Å²) in [5.41, 5.74) is -1.17. The lowest BCUT2D eigenvalue weighted by Gasteiger charge is -2.27. The van der Waals surface area contributed by atoms with Gasteiger partial charge in [0, 0.05) is 0 Å². The van der Waals surface area contributed by atoms with Crippen LogP contribution in [-0.2, 0) is 9.53 Å². The highest BCUT2D eigenvalue weighted by atomic mass is 19.1. The van der Waals surface area contributed by atoms with E-state index in [1.165, 1.54) is 13.2 Å². The zero-order valence-electron chi connectivity index (χ0n) is 11.8. The molecule has 0 saturated heterocycles. The third kappa shape index (κ3) is 3.90. The minimum atomic E-state index is -1.17. The van der Waals surface area contributed by atoms with Gasteiger partial charge in [0.1, 0.15) is 12.1 Å². The summed E-state index contributed by atoms with van der Waals surface area (Å²) in [6.45, 7) is 3.81. The number of para-hydroxylation sites is 1. The van der Waals surface area contributed by atoms with E-state index >= 15 is 0 Å². The Labute approximate surface area is 117 Å². The van der Waals surface area contributed by atoms with Crippen molar-refractivity contribution < 1.29 is 23.0 Å². The SMILES string of the molecule is CCCNC(C)(COc1c(F)cccc1F)C(=O)OC. The molecule has 6 heteroatoms. The Morgan fingerprint density at radius 3 is 2.45 bits per heavy atom. The number of halogens is 2. The third-order valence-corrected chi connectivity index (χ3v) is 2.83. The molecular formula is C14H19F2NO3. The molecule has 1 aromatic carbocycles. The standard InChI is InChI=1S/C14H19F2NO3/c1-4-8-17-14(2,13(18)19-3)9-20-12-10(15)6-5-7-11(12)16/h5-7,17H,4,8-9H2,1-3H3. The van der Waals surface area contributed by atoms with Crippen LogP contribution in [0.15, 0.2) is 18.2 Å². The van der Waals surface area contributed by atoms with Crippen molar-refractivity contribution in [2.75, 3.05) is 20.3 Å². The zero-order valence-corrected chi connectivity index (χ0v) is 11.8. The fourth-order valence-corrected chi connectivity index (χ4v) is 1.65. The highest BCUT2D eigenvalue weighted by Crippen LogP contribution is 2.22. The van der Waals surface area contributed by atoms with E-state index < -0.39 is 28.9 Å². The Hall–Kier alpha value is -1.69. The molecule has 1 rings (SSSR count). The minimum absolute atomic E-state index is 0.239. The number of nitrogens with one attached hydrogen (secondary N) is 1. The first kappa shape index (κ1) is 16.4. The lowest BCUT2D eigenvalue weighted by molar-refractivity contribution is -0.149. The number of methoxy groups -OCH3 is 1. The lowest BCUT2D eigenvalue weighted by atomic mass is 10.0. The molecule has 0 aliphatic carbocycles. The lowest BCUT2D eigenvalue weighted by Crippen LogP contribution is -2.54. The summed E-state index contributed by atoms with van der Waals surface area (Å²) >= 11 is 0. The molecule has 0 aromatic heterocycles. The smallest absolute Gasteiger partial charge is 0.329 e. The van der Waals surface area contributed by atoms with E-state index in [2.05, 4.69) is 5.32 Å². The van der Waals surface area contributed by atoms with Crippen molar-refractivity contribution in [2.45, 2.75) is 25.8 Å². The molecule has 4 nitrogen and oxygen atoms in total. The second-order valence-electron chi connectivity index (χ2n) is 4.59. The number of hydrogen-bond donors (Lipinski definition) is 1. The monoisotopic (exact) mass is 287 g/mol. The van der Waals surface area contributed by atoms with Gasteiger partial charge in [-0.3, -0.25) is 5.32 Å². The summed E-state index contributed by atoms with van der Waals surface area (Å²) in [7, 11) is 1.25. The largest absolute Gasteiger partial charge is 0.485 e. The van der Waals surface area contributed by atoms with Gasteiger partial charge in [-0.05, 0) is 32.0 Å². The van der Waals surface area contributed by atoms with Gasteiger partial charge < -0.3 is 9.47 Å². The van der Waals surface area contributed by atoms with E-state index in [0.29, 0.717) is 6.54 Å². The maximum Gasteiger partial charge on any atom is 0.329 e. The van der Waals surface area contributed by atoms with E-state index in [1.54, 1.807) is 6.92 Å². The maximum atomic E-state index is 13.5. The van der Waals surface area contributed by atoms with Gasteiger partial charge in [-0.25, -0.2) is 13.6 Å². The van der Waals surface area contributed by atoms with Crippen LogP contribution >= 0.6 is 0 Å². The van der Waals surface area contributed by atoms with Gasteiger partial charge in [0.2, 0.25) is 0 Å². The molecule has 1 aromatic rings. The molecular weight excluding hydrogens is 268 g/mol. The molecule has 0 fully saturated rings. The highest BCUT2D eigenvalue weighted by Gasteiger charge is 2.35. The topological polar surface area (TPSA) is 47.6 Å². The first-order valence-corrected chi connectivity index (χ1v) is 6.35. The molecule has 0 radical (unpaired) electrons. The predicted molar refractivity (Wildman–Crippen MR) is 70.6 cm³/mol. The van der Waals surface area contributed by atoms with Gasteiger partial charge in [0.15, 0.2) is 17.4 Å². The van der Waals surface area contributed by atoms with Crippen LogP contribution in [-0.4, -0.2) is 31.8 Å². The number of hydrogen-bond acceptors (Lipinski definition) is 4. The molecule has 1 atom stereocenters. The number of esters is 1. The molecule has 1 N–H and O–H groups in total. The molecule has 0 aliphatic rings. The minimum Gasteiger partial charge on any atom is -0.485 e. The molecule has 112 valence electrons. The van der Waals surface area contributed by atoms with Crippen molar-refractivity contribution in [1.82, 2.24) is 5.32 Å². The van der Waals surface area contributed by atoms with Gasteiger partial charge in [-0.2, -0.15) is 0 Å². The molecule has 0 saturated carbocycles. The highest BCUT2D eigenvalue weighted by molar-refractivity contribution is 5.80. The quantitative estimate of drug-likeness (QED) is 0.782. The molecule has 1 unspecified atom stereocenters. The Balaban J connectivity index is 2.83. The average molecular weight is 287 g/mol. The Morgan fingerprint density at radius 1 is 1.35 bits per heavy atom. The number of carbonyl (C=O) groups excluding carboxylic acids is 1. The number of carbonyl (C=O) groups is 1. The Bertz CT molecular complexity index is 447. The predicted octanol–water partition coefficient (Wildman–Crippen LogP) is 2.27. The van der Waals surface area contributed by atoms with E-state index in [1.807, 2.05) is 6.92 Å². The van der Waals surface area contributed by atoms with Gasteiger partial charge in [-0.15, -0.1) is 0 Å². The van der Waals surface area contributed by atoms with E-state index in [9.17, 15) is 13.6 Å². The zero-order chi connectivity index (χ0) is 15.2. The van der Waals surface area contributed by atoms with Gasteiger partial charge in [-0.1, -0.05) is 13.0 Å². The van der Waals surface area contributed by atoms with Crippen LogP contribution in [0.3, 0.4) is 0 Å². The van der Waals surface area contributed by atoms with Crippen LogP contribution in [0.2, 0.25) is 0 Å². The fraction of sp³-hybridized carbons (Fsp3) is 0.500. The molecule has 0 spiro atoms. The summed E-state index contributed by atoms with van der Waals surface area (Å²) in [6.07, 6.45) is 0.792. The second-order valence-corrected chi connectivity index (χ2v) is 4.59. The third-order valence-electron chi connectivity index (χ3n) is 2.83. The molecule has 0 bridgehead atoms. The number of rotatable bonds is 7. The summed E-state index contributed by atoms with van der Waals surface area (Å²) < 4.78 is 36.7. The van der Waals surface area contributed by atoms with Crippen molar-refractivity contribution >= 4 is 5.97 Å². The van der Waals surface area contributed by atoms with Crippen LogP contribution in [0.1, 0.15) is 20.3 Å². The normalized spacial score (nSPS) is 13.7. The molecule has 0 aliphatic heterocycles. The second kappa shape index (κ2) is 7.19. The maximum absolute atomic E-state index is 13.5. The summed E-state index contributed by atoms with van der Waals surface area (Å²) in [5.74, 6) is -2.68. The van der Waals surface area contributed by atoms with Crippen molar-refractivity contribution in [3.63, 3.8) is 0 Å². The van der Waals surface area contributed by atoms with Crippen molar-refractivity contribution in [1.29, 1.82) is 0 Å². The van der Waals surface area contributed by atoms with Crippen molar-refractivity contribution in [3.8, 4) is 5.75 Å². The Morgan fingerprint density at radius 2 is 1.95 bits per heavy atom. The number of benzene rings is 1. The van der Waals surface area contributed by atoms with Gasteiger partial charge in [0.25, 0.3) is 0 Å². The van der Waals surface area contributed by atoms with Crippen LogP contribution in [0.5, 0.6) is 5.75 Å². The van der Waals surface area contributed by atoms with Crippen LogP contribution in [0, 0.1) is 11.6 Å². The van der Waals surface area contributed by atoms with Crippen molar-refractivity contribution in [3.05, 3.63) is 29.8 Å². The van der Waals surface area contributed by atoms with Crippen molar-refractivity contribution in [2.24, 2.45) is 0 Å². The summed E-state index contributed by atoms with van der Waals surface area (Å²) in [4.78, 5) is 11.8. The van der Waals surface area contributed by atoms with E-state index in [0.717, 1.165) is 18.6 Å². The summed E-state index contributed by atoms with van der Waals surface area (Å²) in [6, 6.07) is 3.42. The van der Waals surface area contributed by atoms with Gasteiger partial charge in [0.05, 0.1) is 7.11 Å². The molecule has 20 heavy (non-hydrogen) atoms. The van der Waals surface area contributed by atoms with Crippen LogP contribution < -0.4 is 10.1 Å². The van der Waals surface area contributed by atoms with E-state index in [4.69, 9.17) is 9.47 Å². The van der Waals surface area contributed by atoms with Gasteiger partial charge >= 0.3 is 5.97 Å². The summed E-state index contributed by atoms with van der Waals surface area (Å²) in [5, 5.41) is 2.96. The first-order chi connectivity index (χ1) is 9.44.